The van der Waals surface area contributed by atoms with Crippen LogP contribution in [0.5, 0.6) is 5.75 Å². The molecule has 0 bridgehead atoms. The molecule has 1 N–H and O–H groups in total. The number of thioether (sulfide) groups is 1. The van der Waals surface area contributed by atoms with Gasteiger partial charge in [0.05, 0.1) is 5.60 Å². The molecule has 18 heavy (non-hydrogen) atoms. The average Bonchev–Trinajstić information content (AvgIpc) is 2.28. The largest absolute Gasteiger partial charge is 0.573 e. The second-order valence-electron chi connectivity index (χ2n) is 4.22. The number of hydrogen-bond acceptors (Lipinski definition) is 3. The molecular weight excluding hydrogens is 265 g/mol. The van der Waals surface area contributed by atoms with Gasteiger partial charge < -0.3 is 9.84 Å². The van der Waals surface area contributed by atoms with Crippen LogP contribution in [0.3, 0.4) is 0 Å². The van der Waals surface area contributed by atoms with Crippen molar-refractivity contribution in [2.24, 2.45) is 0 Å². The van der Waals surface area contributed by atoms with Gasteiger partial charge in [-0.3, -0.25) is 0 Å². The molecule has 1 aromatic rings. The molecule has 0 unspecified atom stereocenters. The lowest BCUT2D eigenvalue weighted by molar-refractivity contribution is -0.274. The van der Waals surface area contributed by atoms with Crippen LogP contribution in [0.1, 0.15) is 18.4 Å². The molecule has 1 aliphatic rings. The van der Waals surface area contributed by atoms with E-state index in [4.69, 9.17) is 0 Å². The summed E-state index contributed by atoms with van der Waals surface area (Å²) < 4.78 is 40.2. The Balaban J connectivity index is 2.21. The van der Waals surface area contributed by atoms with Gasteiger partial charge in [-0.15, -0.1) is 13.2 Å². The Hall–Kier alpha value is -0.880. The minimum Gasteiger partial charge on any atom is -0.406 e. The van der Waals surface area contributed by atoms with Crippen LogP contribution in [0.4, 0.5) is 13.2 Å². The van der Waals surface area contributed by atoms with Gasteiger partial charge in [-0.1, -0.05) is 12.1 Å². The summed E-state index contributed by atoms with van der Waals surface area (Å²) in [6.45, 7) is 0. The molecule has 2 nitrogen and oxygen atoms in total. The minimum atomic E-state index is -4.70. The molecule has 0 saturated carbocycles. The Morgan fingerprint density at radius 2 is 1.89 bits per heavy atom. The highest BCUT2D eigenvalue weighted by Gasteiger charge is 2.34. The van der Waals surface area contributed by atoms with E-state index in [1.54, 1.807) is 17.8 Å². The third-order valence-corrected chi connectivity index (χ3v) is 3.91. The first kappa shape index (κ1) is 13.5. The highest BCUT2D eigenvalue weighted by Crippen LogP contribution is 2.37. The lowest BCUT2D eigenvalue weighted by Gasteiger charge is -2.32. The van der Waals surface area contributed by atoms with E-state index in [1.807, 2.05) is 0 Å². The number of rotatable bonds is 2. The molecule has 1 aromatic carbocycles. The quantitative estimate of drug-likeness (QED) is 0.900. The van der Waals surface area contributed by atoms with E-state index in [0.717, 1.165) is 11.5 Å². The van der Waals surface area contributed by atoms with E-state index < -0.39 is 12.0 Å². The van der Waals surface area contributed by atoms with Crippen molar-refractivity contribution in [1.29, 1.82) is 0 Å². The van der Waals surface area contributed by atoms with Gasteiger partial charge >= 0.3 is 6.36 Å². The van der Waals surface area contributed by atoms with Gasteiger partial charge in [0.2, 0.25) is 0 Å². The van der Waals surface area contributed by atoms with Gasteiger partial charge in [-0.2, -0.15) is 11.8 Å². The SMILES string of the molecule is OC1(c2cccc(OC(F)(F)F)c2)CCSCC1. The van der Waals surface area contributed by atoms with Crippen molar-refractivity contribution in [2.45, 2.75) is 24.8 Å². The maximum atomic E-state index is 12.1. The number of alkyl halides is 3. The molecule has 0 radical (unpaired) electrons. The third kappa shape index (κ3) is 3.32. The molecule has 0 amide bonds. The van der Waals surface area contributed by atoms with Crippen molar-refractivity contribution < 1.29 is 23.0 Å². The van der Waals surface area contributed by atoms with Crippen LogP contribution in [0.25, 0.3) is 0 Å². The lowest BCUT2D eigenvalue weighted by atomic mass is 9.88. The topological polar surface area (TPSA) is 29.5 Å². The first-order valence-corrected chi connectivity index (χ1v) is 6.71. The zero-order chi connectivity index (χ0) is 13.2. The van der Waals surface area contributed by atoms with Gasteiger partial charge in [0.25, 0.3) is 0 Å². The maximum absolute atomic E-state index is 12.1. The fourth-order valence-electron chi connectivity index (χ4n) is 1.98. The van der Waals surface area contributed by atoms with Crippen LogP contribution in [-0.4, -0.2) is 23.0 Å². The average molecular weight is 278 g/mol. The van der Waals surface area contributed by atoms with Crippen molar-refractivity contribution in [3.05, 3.63) is 29.8 Å². The Labute approximate surface area is 107 Å². The van der Waals surface area contributed by atoms with Gasteiger partial charge in [-0.25, -0.2) is 0 Å². The first-order valence-electron chi connectivity index (χ1n) is 5.55. The van der Waals surface area contributed by atoms with E-state index in [-0.39, 0.29) is 5.75 Å². The summed E-state index contributed by atoms with van der Waals surface area (Å²) in [4.78, 5) is 0. The van der Waals surface area contributed by atoms with E-state index in [9.17, 15) is 18.3 Å². The molecule has 1 heterocycles. The number of hydrogen-bond donors (Lipinski definition) is 1. The molecular formula is C12H13F3O2S. The molecule has 2 rings (SSSR count). The van der Waals surface area contributed by atoms with Crippen molar-refractivity contribution >= 4 is 11.8 Å². The number of halogens is 3. The molecule has 0 aromatic heterocycles. The second kappa shape index (κ2) is 5.01. The molecule has 0 aliphatic carbocycles. The van der Waals surface area contributed by atoms with E-state index in [0.29, 0.717) is 18.4 Å². The summed E-state index contributed by atoms with van der Waals surface area (Å²) in [6, 6.07) is 5.61. The summed E-state index contributed by atoms with van der Waals surface area (Å²) in [5.74, 6) is 1.33. The Morgan fingerprint density at radius 1 is 1.22 bits per heavy atom. The van der Waals surface area contributed by atoms with Crippen LogP contribution < -0.4 is 4.74 Å². The zero-order valence-electron chi connectivity index (χ0n) is 9.54. The maximum Gasteiger partial charge on any atom is 0.573 e. The number of aliphatic hydroxyl groups is 1. The van der Waals surface area contributed by atoms with Gasteiger partial charge in [0, 0.05) is 0 Å². The summed E-state index contributed by atoms with van der Waals surface area (Å²) >= 11 is 1.73. The fourth-order valence-corrected chi connectivity index (χ4v) is 3.15. The van der Waals surface area contributed by atoms with E-state index in [2.05, 4.69) is 4.74 Å². The van der Waals surface area contributed by atoms with Crippen LogP contribution in [0, 0.1) is 0 Å². The molecule has 6 heteroatoms. The van der Waals surface area contributed by atoms with E-state index in [1.165, 1.54) is 18.2 Å². The normalized spacial score (nSPS) is 19.6. The Kier molecular flexibility index (Phi) is 3.77. The Morgan fingerprint density at radius 3 is 2.50 bits per heavy atom. The number of benzene rings is 1. The van der Waals surface area contributed by atoms with Crippen molar-refractivity contribution in [1.82, 2.24) is 0 Å². The standard InChI is InChI=1S/C12H13F3O2S/c13-12(14,15)17-10-3-1-2-9(8-10)11(16)4-6-18-7-5-11/h1-3,8,16H,4-7H2. The summed E-state index contributed by atoms with van der Waals surface area (Å²) in [7, 11) is 0. The number of ether oxygens (including phenoxy) is 1. The van der Waals surface area contributed by atoms with Gasteiger partial charge in [0.15, 0.2) is 0 Å². The molecule has 1 fully saturated rings. The first-order chi connectivity index (χ1) is 8.39. The lowest BCUT2D eigenvalue weighted by Crippen LogP contribution is -2.30. The smallest absolute Gasteiger partial charge is 0.406 e. The molecule has 100 valence electrons. The van der Waals surface area contributed by atoms with E-state index >= 15 is 0 Å². The summed E-state index contributed by atoms with van der Waals surface area (Å²) in [5, 5.41) is 10.4. The summed E-state index contributed by atoms with van der Waals surface area (Å²) in [5.41, 5.74) is -0.541. The van der Waals surface area contributed by atoms with Gasteiger partial charge in [-0.05, 0) is 42.0 Å². The second-order valence-corrected chi connectivity index (χ2v) is 5.44. The van der Waals surface area contributed by atoms with Crippen LogP contribution >= 0.6 is 11.8 Å². The summed E-state index contributed by atoms with van der Waals surface area (Å²) in [6.07, 6.45) is -3.61. The zero-order valence-corrected chi connectivity index (χ0v) is 10.4. The third-order valence-electron chi connectivity index (χ3n) is 2.92. The fraction of sp³-hybridized carbons (Fsp3) is 0.500. The van der Waals surface area contributed by atoms with Crippen LogP contribution in [0.15, 0.2) is 24.3 Å². The minimum absolute atomic E-state index is 0.286. The van der Waals surface area contributed by atoms with Crippen LogP contribution in [0.2, 0.25) is 0 Å². The van der Waals surface area contributed by atoms with Crippen LogP contribution in [-0.2, 0) is 5.60 Å². The Bertz CT molecular complexity index is 414. The predicted molar refractivity (Wildman–Crippen MR) is 63.6 cm³/mol. The molecule has 0 spiro atoms. The van der Waals surface area contributed by atoms with Gasteiger partial charge in [0.1, 0.15) is 5.75 Å². The highest BCUT2D eigenvalue weighted by molar-refractivity contribution is 7.99. The monoisotopic (exact) mass is 278 g/mol. The van der Waals surface area contributed by atoms with Crippen molar-refractivity contribution in [3.8, 4) is 5.75 Å². The highest BCUT2D eigenvalue weighted by atomic mass is 32.2. The van der Waals surface area contributed by atoms with Crippen molar-refractivity contribution in [3.63, 3.8) is 0 Å². The molecule has 1 aliphatic heterocycles. The van der Waals surface area contributed by atoms with Crippen molar-refractivity contribution in [2.75, 3.05) is 11.5 Å². The molecule has 1 saturated heterocycles. The molecule has 0 atom stereocenters. The predicted octanol–water partition coefficient (Wildman–Crippen LogP) is 3.30.